The molecule has 1 fully saturated rings. The third kappa shape index (κ3) is 24.2. The number of para-hydroxylation sites is 2. The van der Waals surface area contributed by atoms with E-state index in [-0.39, 0.29) is 55.4 Å². The first kappa shape index (κ1) is 79.6. The number of hydrogen-bond acceptors (Lipinski definition) is 19. The maximum atomic E-state index is 14.9. The van der Waals surface area contributed by atoms with Crippen LogP contribution in [0.2, 0.25) is 0 Å². The first-order chi connectivity index (χ1) is 47.4. The van der Waals surface area contributed by atoms with Crippen LogP contribution in [0.15, 0.2) is 73.4 Å². The molecule has 544 valence electrons. The van der Waals surface area contributed by atoms with Crippen LogP contribution in [0, 0.1) is 17.8 Å². The van der Waals surface area contributed by atoms with E-state index < -0.39 is 181 Å². The molecule has 1 aliphatic heterocycles. The number of benzene rings is 2. The number of fused-ring (bicyclic) bond motifs is 2. The molecular weight excluding hydrogens is 1340 g/mol. The summed E-state index contributed by atoms with van der Waals surface area (Å²) in [5, 5.41) is 60.0. The molecule has 0 aliphatic carbocycles. The number of carbonyl (C=O) groups excluding carboxylic acids is 11. The number of aliphatic hydroxyl groups excluding tert-OH is 1. The highest BCUT2D eigenvalue weighted by Crippen LogP contribution is 2.25. The minimum Gasteiger partial charge on any atom is -0.481 e. The molecule has 34 heteroatoms. The van der Waals surface area contributed by atoms with Gasteiger partial charge in [0.15, 0.2) is 5.78 Å². The van der Waals surface area contributed by atoms with Crippen molar-refractivity contribution in [1.29, 1.82) is 0 Å². The van der Waals surface area contributed by atoms with Crippen LogP contribution in [0.4, 0.5) is 0 Å². The van der Waals surface area contributed by atoms with Gasteiger partial charge in [0, 0.05) is 77.6 Å². The Bertz CT molecular complexity index is 3690. The van der Waals surface area contributed by atoms with Crippen molar-refractivity contribution in [3.63, 3.8) is 0 Å². The lowest BCUT2D eigenvalue weighted by molar-refractivity contribution is -0.142. The molecule has 12 atom stereocenters. The summed E-state index contributed by atoms with van der Waals surface area (Å²) in [6.07, 6.45) is 2.83. The van der Waals surface area contributed by atoms with Crippen LogP contribution in [0.25, 0.3) is 21.8 Å². The number of aliphatic carboxylic acids is 2. The van der Waals surface area contributed by atoms with E-state index in [9.17, 15) is 77.6 Å². The molecular formula is C66H92N16O16S2. The number of nitrogens with zero attached hydrogens (tertiary/aromatic N) is 1. The first-order valence-electron chi connectivity index (χ1n) is 32.9. The number of aliphatic hydroxyl groups is 1. The van der Waals surface area contributed by atoms with Crippen LogP contribution < -0.4 is 64.2 Å². The van der Waals surface area contributed by atoms with Crippen molar-refractivity contribution < 1.29 is 77.6 Å². The summed E-state index contributed by atoms with van der Waals surface area (Å²) in [4.78, 5) is 195. The van der Waals surface area contributed by atoms with Gasteiger partial charge in [0.25, 0.3) is 0 Å². The zero-order valence-corrected chi connectivity index (χ0v) is 58.5. The number of hydrogen-bond donors (Lipinski definition) is 18. The Morgan fingerprint density at radius 3 is 1.61 bits per heavy atom. The summed E-state index contributed by atoms with van der Waals surface area (Å²) in [7, 11) is 1.98. The van der Waals surface area contributed by atoms with Gasteiger partial charge in [-0.25, -0.2) is 4.98 Å². The van der Waals surface area contributed by atoms with E-state index in [1.54, 1.807) is 102 Å². The molecule has 1 saturated heterocycles. The number of imidazole rings is 1. The number of rotatable bonds is 20. The van der Waals surface area contributed by atoms with Crippen LogP contribution in [-0.2, 0) is 81.6 Å². The average Bonchev–Trinajstić information content (AvgIpc) is 1.55. The highest BCUT2D eigenvalue weighted by atomic mass is 33.1. The summed E-state index contributed by atoms with van der Waals surface area (Å²) in [5.74, 6) is -14.2. The number of Topliss-reactive ketones (excluding diaryl/α,β-unsaturated/α-hetero) is 1. The molecule has 6 rings (SSSR count). The molecule has 100 heavy (non-hydrogen) atoms. The first-order valence-corrected chi connectivity index (χ1v) is 35.3. The Balaban J connectivity index is 1.37. The summed E-state index contributed by atoms with van der Waals surface area (Å²) < 4.78 is 0. The van der Waals surface area contributed by atoms with Crippen LogP contribution in [0.5, 0.6) is 0 Å². The molecule has 19 N–H and O–H groups in total. The summed E-state index contributed by atoms with van der Waals surface area (Å²) in [5.41, 5.74) is 9.20. The van der Waals surface area contributed by atoms with E-state index in [2.05, 4.69) is 78.4 Å². The Morgan fingerprint density at radius 1 is 0.580 bits per heavy atom. The molecule has 32 nitrogen and oxygen atoms in total. The lowest BCUT2D eigenvalue weighted by Crippen LogP contribution is -2.61. The van der Waals surface area contributed by atoms with E-state index in [0.717, 1.165) is 21.6 Å². The van der Waals surface area contributed by atoms with Gasteiger partial charge >= 0.3 is 11.9 Å². The SMILES string of the molecule is CC(C)C[C@@H]1NC(=O)[C@H](Cc2c[nH]cn2)NC(=O)[C@H](Cc2c[nH]c3ccccc23)NC(=O)[C@H](C)NC(=O)[C@@H](N)CSSC[C@@H](C(=O)CN[C@H](C(=O)O)[C@@H](C)O)NC(=O)[C@H](Cc2c[nH]c3ccccc23)NC(=O)[C@H](C(C)C)NC(=O)[C@H](CC(C)C)NC(=O)[C@H](CCC(=O)O)NC(=O)CNC1=O. The highest BCUT2D eigenvalue weighted by Gasteiger charge is 2.37. The number of aromatic amines is 3. The van der Waals surface area contributed by atoms with Gasteiger partial charge in [-0.2, -0.15) is 0 Å². The summed E-state index contributed by atoms with van der Waals surface area (Å²) >= 11 is 0. The minimum absolute atomic E-state index is 0.000980. The Hall–Kier alpha value is -9.38. The fourth-order valence-electron chi connectivity index (χ4n) is 10.9. The third-order valence-electron chi connectivity index (χ3n) is 16.3. The molecule has 0 saturated carbocycles. The highest BCUT2D eigenvalue weighted by molar-refractivity contribution is 8.76. The number of nitrogens with one attached hydrogen (secondary N) is 14. The standard InChI is InChI=1S/C66H92N16O16S2/c1-32(2)19-46-59(90)72-28-53(85)75-45(17-18-54(86)87)60(91)78-47(20-33(3)4)64(95)82-55(34(5)6)65(96)80-49(22-38-25-70-44-16-12-10-14-41(38)44)62(93)81-51(52(84)27-71-56(36(8)83)66(97)98)30-100-99-29-42(67)58(89)74-35(7)57(88)76-48(21-37-24-69-43-15-11-9-13-40(37)43)61(92)79-50(63(94)77-46)23-39-26-68-31-73-39/h9-16,24-26,31-36,42,45-51,55-56,69-71,83H,17-23,27-30,67H2,1-8H3,(H,68,73)(H,72,90)(H,74,89)(H,75,85)(H,76,88)(H,77,94)(H,78,91)(H,79,92)(H,80,96)(H,81,93)(H,82,95)(H,86,87)(H,97,98)/t35-,36+,42-,45-,46-,47-,48-,49-,50-,51-,55-,56-/m0/s1. The number of aromatic nitrogens is 4. The van der Waals surface area contributed by atoms with Crippen LogP contribution in [0.1, 0.15) is 97.9 Å². The van der Waals surface area contributed by atoms with E-state index in [4.69, 9.17) is 5.73 Å². The molecule has 0 spiro atoms. The summed E-state index contributed by atoms with van der Waals surface area (Å²) in [6, 6.07) is -1.71. The Kier molecular flexibility index (Phi) is 30.5. The number of carboxylic acid groups (broad SMARTS) is 2. The molecule has 1 aliphatic rings. The van der Waals surface area contributed by atoms with E-state index >= 15 is 0 Å². The second-order valence-electron chi connectivity index (χ2n) is 25.8. The number of carboxylic acids is 2. The summed E-state index contributed by atoms with van der Waals surface area (Å²) in [6.45, 7) is 11.3. The number of amides is 10. The smallest absolute Gasteiger partial charge is 0.323 e. The van der Waals surface area contributed by atoms with Crippen LogP contribution >= 0.6 is 21.6 Å². The van der Waals surface area contributed by atoms with E-state index in [1.807, 2.05) is 0 Å². The van der Waals surface area contributed by atoms with Gasteiger partial charge in [-0.1, -0.05) is 99.5 Å². The van der Waals surface area contributed by atoms with Crippen LogP contribution in [0.3, 0.4) is 0 Å². The van der Waals surface area contributed by atoms with Gasteiger partial charge in [-0.05, 0) is 74.1 Å². The van der Waals surface area contributed by atoms with Crippen molar-refractivity contribution in [2.24, 2.45) is 23.5 Å². The van der Waals surface area contributed by atoms with Crippen molar-refractivity contribution in [2.45, 2.75) is 173 Å². The largest absolute Gasteiger partial charge is 0.481 e. The predicted molar refractivity (Wildman–Crippen MR) is 372 cm³/mol. The topological polar surface area (TPSA) is 501 Å². The van der Waals surface area contributed by atoms with Gasteiger partial charge in [0.2, 0.25) is 59.1 Å². The molecule has 2 aromatic carbocycles. The molecule has 0 unspecified atom stereocenters. The maximum Gasteiger partial charge on any atom is 0.323 e. The lowest BCUT2D eigenvalue weighted by Gasteiger charge is -2.29. The number of nitrogens with two attached hydrogens (primary N) is 1. The second-order valence-corrected chi connectivity index (χ2v) is 28.4. The fraction of sp³-hybridized carbons (Fsp3) is 0.515. The number of carbonyl (C=O) groups is 13. The molecule has 3 aromatic heterocycles. The molecule has 5 aromatic rings. The van der Waals surface area contributed by atoms with Gasteiger partial charge in [-0.3, -0.25) is 67.6 Å². The molecule has 4 heterocycles. The lowest BCUT2D eigenvalue weighted by atomic mass is 9.98. The molecule has 0 bridgehead atoms. The predicted octanol–water partition coefficient (Wildman–Crippen LogP) is -0.773. The second kappa shape index (κ2) is 38.3. The fourth-order valence-corrected chi connectivity index (χ4v) is 13.2. The van der Waals surface area contributed by atoms with Gasteiger partial charge in [0.05, 0.1) is 43.3 Å². The zero-order chi connectivity index (χ0) is 73.5. The number of H-pyrrole nitrogens is 3. The minimum atomic E-state index is -1.62. The van der Waals surface area contributed by atoms with Crippen molar-refractivity contribution >= 4 is 120 Å². The molecule has 0 radical (unpaired) electrons. The number of ketones is 1. The van der Waals surface area contributed by atoms with Gasteiger partial charge < -0.3 is 89.2 Å². The average molecular weight is 1430 g/mol. The Labute approximate surface area is 584 Å². The normalized spacial score (nSPS) is 23.9. The zero-order valence-electron chi connectivity index (χ0n) is 56.9. The van der Waals surface area contributed by atoms with Crippen molar-refractivity contribution in [3.05, 3.63) is 90.3 Å². The van der Waals surface area contributed by atoms with Gasteiger partial charge in [0.1, 0.15) is 54.4 Å². The Morgan fingerprint density at radius 2 is 1.08 bits per heavy atom. The van der Waals surface area contributed by atoms with Crippen molar-refractivity contribution in [2.75, 3.05) is 24.6 Å². The van der Waals surface area contributed by atoms with Gasteiger partial charge in [-0.15, -0.1) is 0 Å². The van der Waals surface area contributed by atoms with E-state index in [1.165, 1.54) is 26.4 Å². The van der Waals surface area contributed by atoms with E-state index in [0.29, 0.717) is 38.6 Å². The molecule has 10 amide bonds. The third-order valence-corrected chi connectivity index (χ3v) is 18.8. The monoisotopic (exact) mass is 1430 g/mol. The quantitative estimate of drug-likeness (QED) is 0.0425. The maximum absolute atomic E-state index is 14.9. The van der Waals surface area contributed by atoms with Crippen LogP contribution in [-0.4, -0.2) is 209 Å². The van der Waals surface area contributed by atoms with Crippen molar-refractivity contribution in [1.82, 2.24) is 78.4 Å². The van der Waals surface area contributed by atoms with Crippen molar-refractivity contribution in [3.8, 4) is 0 Å².